The Labute approximate surface area is 294 Å². The standard InChI is InChI=1S/C18H29N3O3.C9H12N4O2.C6H12.C4H10/c1-2-4-14(9-16(23)19-13-7-8-13)20-18(24)17-15-6-3-5-12(15)10-21(17)11-22;1-2-11-8(14)6-13-9(15)7-5-10-3-4-12-7;1-2-4-6-5-3-1;1-4(2)3/h11-15,17H,2-10H2,1H3,(H,19,23)(H,20,24);3-5H,2,6H2,1H3,(H,11,14)(H,13,15);1-6H2;4H,1-3H3. The molecule has 3 aliphatic carbocycles. The van der Waals surface area contributed by atoms with Crippen LogP contribution in [0.15, 0.2) is 18.6 Å². The Kier molecular flexibility index (Phi) is 20.1. The first kappa shape index (κ1) is 41.6. The van der Waals surface area contributed by atoms with Crippen LogP contribution in [0.5, 0.6) is 0 Å². The molecule has 1 aliphatic heterocycles. The van der Waals surface area contributed by atoms with E-state index in [0.29, 0.717) is 31.5 Å². The molecule has 49 heavy (non-hydrogen) atoms. The zero-order chi connectivity index (χ0) is 36.0. The van der Waals surface area contributed by atoms with E-state index >= 15 is 0 Å². The van der Waals surface area contributed by atoms with Gasteiger partial charge in [-0.3, -0.25) is 29.0 Å². The second kappa shape index (κ2) is 23.7. The van der Waals surface area contributed by atoms with Crippen LogP contribution in [-0.2, 0) is 19.2 Å². The van der Waals surface area contributed by atoms with Crippen LogP contribution in [0.25, 0.3) is 0 Å². The van der Waals surface area contributed by atoms with Gasteiger partial charge in [0.2, 0.25) is 24.1 Å². The molecular weight excluding hydrogens is 622 g/mol. The minimum atomic E-state index is -0.408. The Morgan fingerprint density at radius 3 is 2.08 bits per heavy atom. The summed E-state index contributed by atoms with van der Waals surface area (Å²) >= 11 is 0. The van der Waals surface area contributed by atoms with Crippen molar-refractivity contribution >= 4 is 30.0 Å². The van der Waals surface area contributed by atoms with Crippen molar-refractivity contribution in [2.75, 3.05) is 19.6 Å². The van der Waals surface area contributed by atoms with Crippen molar-refractivity contribution in [3.05, 3.63) is 24.3 Å². The summed E-state index contributed by atoms with van der Waals surface area (Å²) < 4.78 is 0. The molecule has 4 atom stereocenters. The van der Waals surface area contributed by atoms with Crippen molar-refractivity contribution in [3.63, 3.8) is 0 Å². The minimum absolute atomic E-state index is 0.0219. The summed E-state index contributed by atoms with van der Waals surface area (Å²) in [6.45, 7) is 11.6. The maximum absolute atomic E-state index is 12.8. The first-order valence-electron chi connectivity index (χ1n) is 18.7. The second-order valence-corrected chi connectivity index (χ2v) is 14.2. The van der Waals surface area contributed by atoms with Gasteiger partial charge in [-0.1, -0.05) is 79.1 Å². The van der Waals surface area contributed by atoms with Gasteiger partial charge < -0.3 is 26.2 Å². The van der Waals surface area contributed by atoms with Crippen molar-refractivity contribution < 1.29 is 24.0 Å². The van der Waals surface area contributed by atoms with E-state index in [2.05, 4.69) is 58.9 Å². The number of carbonyl (C=O) groups is 5. The zero-order valence-electron chi connectivity index (χ0n) is 30.7. The van der Waals surface area contributed by atoms with Crippen molar-refractivity contribution in [2.45, 2.75) is 143 Å². The third-order valence-corrected chi connectivity index (χ3v) is 8.77. The highest BCUT2D eigenvalue weighted by atomic mass is 16.2. The van der Waals surface area contributed by atoms with E-state index in [0.717, 1.165) is 57.3 Å². The third kappa shape index (κ3) is 17.1. The lowest BCUT2D eigenvalue weighted by molar-refractivity contribution is -0.133. The smallest absolute Gasteiger partial charge is 0.271 e. The number of fused-ring (bicyclic) bond motifs is 1. The van der Waals surface area contributed by atoms with Crippen LogP contribution in [0.4, 0.5) is 0 Å². The van der Waals surface area contributed by atoms with Crippen LogP contribution >= 0.6 is 0 Å². The maximum atomic E-state index is 12.8. The van der Waals surface area contributed by atoms with Crippen molar-refractivity contribution in [1.29, 1.82) is 0 Å². The fraction of sp³-hybridized carbons (Fsp3) is 0.757. The van der Waals surface area contributed by atoms with E-state index in [1.807, 2.05) is 6.92 Å². The molecule has 4 fully saturated rings. The molecule has 0 bridgehead atoms. The van der Waals surface area contributed by atoms with Gasteiger partial charge in [0.25, 0.3) is 5.91 Å². The first-order chi connectivity index (χ1) is 23.6. The van der Waals surface area contributed by atoms with Gasteiger partial charge in [-0.25, -0.2) is 4.98 Å². The minimum Gasteiger partial charge on any atom is -0.355 e. The molecular formula is C37H63N7O5. The number of hydrogen-bond acceptors (Lipinski definition) is 7. The van der Waals surface area contributed by atoms with Gasteiger partial charge in [0.1, 0.15) is 11.7 Å². The number of rotatable bonds is 12. The SMILES string of the molecule is C1CCCCC1.CC(C)C.CCCC(CC(=O)NC1CC1)NC(=O)C1C2CCCC2CN1C=O.CCNC(=O)CNC(=O)c1cnccn1. The fourth-order valence-corrected chi connectivity index (χ4v) is 6.38. The third-order valence-electron chi connectivity index (χ3n) is 8.77. The Hall–Kier alpha value is -3.57. The predicted molar refractivity (Wildman–Crippen MR) is 191 cm³/mol. The summed E-state index contributed by atoms with van der Waals surface area (Å²) in [6, 6.07) is -0.147. The number of likely N-dealkylation sites (tertiary alicyclic amines) is 1. The summed E-state index contributed by atoms with van der Waals surface area (Å²) in [4.78, 5) is 67.8. The van der Waals surface area contributed by atoms with Crippen molar-refractivity contribution in [3.8, 4) is 0 Å². The van der Waals surface area contributed by atoms with E-state index in [-0.39, 0.29) is 48.0 Å². The van der Waals surface area contributed by atoms with E-state index < -0.39 is 5.91 Å². The summed E-state index contributed by atoms with van der Waals surface area (Å²) in [7, 11) is 0. The molecule has 0 aromatic carbocycles. The van der Waals surface area contributed by atoms with Gasteiger partial charge >= 0.3 is 0 Å². The molecule has 1 aromatic rings. The molecule has 4 aliphatic rings. The van der Waals surface area contributed by atoms with Gasteiger partial charge in [-0.2, -0.15) is 0 Å². The molecule has 276 valence electrons. The van der Waals surface area contributed by atoms with Crippen molar-refractivity contribution in [1.82, 2.24) is 36.1 Å². The second-order valence-electron chi connectivity index (χ2n) is 14.2. The lowest BCUT2D eigenvalue weighted by Gasteiger charge is -2.26. The van der Waals surface area contributed by atoms with E-state index in [9.17, 15) is 24.0 Å². The van der Waals surface area contributed by atoms with Crippen LogP contribution < -0.4 is 21.3 Å². The van der Waals surface area contributed by atoms with Crippen LogP contribution in [0.1, 0.15) is 135 Å². The van der Waals surface area contributed by atoms with Crippen LogP contribution in [0.3, 0.4) is 0 Å². The Morgan fingerprint density at radius 1 is 0.898 bits per heavy atom. The molecule has 1 saturated heterocycles. The van der Waals surface area contributed by atoms with E-state index in [1.165, 1.54) is 57.1 Å². The molecule has 12 nitrogen and oxygen atoms in total. The predicted octanol–water partition coefficient (Wildman–Crippen LogP) is 4.54. The van der Waals surface area contributed by atoms with Gasteiger partial charge in [-0.15, -0.1) is 0 Å². The number of hydrogen-bond donors (Lipinski definition) is 4. The van der Waals surface area contributed by atoms with Gasteiger partial charge in [0.05, 0.1) is 12.7 Å². The number of nitrogens with one attached hydrogen (secondary N) is 4. The molecule has 4 N–H and O–H groups in total. The largest absolute Gasteiger partial charge is 0.355 e. The molecule has 0 radical (unpaired) electrons. The summed E-state index contributed by atoms with van der Waals surface area (Å²) in [5, 5.41) is 11.0. The van der Waals surface area contributed by atoms with Gasteiger partial charge in [0, 0.05) is 44.0 Å². The number of likely N-dealkylation sites (N-methyl/N-ethyl adjacent to an activating group) is 1. The fourth-order valence-electron chi connectivity index (χ4n) is 6.38. The number of aromatic nitrogens is 2. The monoisotopic (exact) mass is 685 g/mol. The average molecular weight is 686 g/mol. The average Bonchev–Trinajstić information content (AvgIpc) is 3.65. The van der Waals surface area contributed by atoms with Gasteiger partial charge in [-0.05, 0) is 56.8 Å². The lowest BCUT2D eigenvalue weighted by atomic mass is 9.93. The highest BCUT2D eigenvalue weighted by molar-refractivity contribution is 5.94. The highest BCUT2D eigenvalue weighted by Crippen LogP contribution is 2.41. The van der Waals surface area contributed by atoms with Crippen LogP contribution in [0, 0.1) is 17.8 Å². The summed E-state index contributed by atoms with van der Waals surface area (Å²) in [6.07, 6.45) is 21.5. The molecule has 4 unspecified atom stereocenters. The Bertz CT molecular complexity index is 1110. The number of carbonyl (C=O) groups excluding carboxylic acids is 5. The summed E-state index contributed by atoms with van der Waals surface area (Å²) in [5.74, 6) is 0.901. The quantitative estimate of drug-likeness (QED) is 0.235. The van der Waals surface area contributed by atoms with Crippen LogP contribution in [0.2, 0.25) is 0 Å². The van der Waals surface area contributed by atoms with Gasteiger partial charge in [0.15, 0.2) is 0 Å². The molecule has 3 saturated carbocycles. The van der Waals surface area contributed by atoms with Crippen molar-refractivity contribution in [2.24, 2.45) is 17.8 Å². The molecule has 1 aromatic heterocycles. The van der Waals surface area contributed by atoms with E-state index in [4.69, 9.17) is 0 Å². The Balaban J connectivity index is 0.000000281. The maximum Gasteiger partial charge on any atom is 0.271 e. The zero-order valence-corrected chi connectivity index (χ0v) is 30.7. The molecule has 12 heteroatoms. The first-order valence-corrected chi connectivity index (χ1v) is 18.7. The number of amides is 5. The molecule has 5 rings (SSSR count). The Morgan fingerprint density at radius 2 is 1.55 bits per heavy atom. The highest BCUT2D eigenvalue weighted by Gasteiger charge is 2.47. The normalized spacial score (nSPS) is 21.2. The van der Waals surface area contributed by atoms with E-state index in [1.54, 1.807) is 4.90 Å². The molecule has 5 amide bonds. The van der Waals surface area contributed by atoms with Crippen LogP contribution in [-0.4, -0.2) is 82.7 Å². The molecule has 0 spiro atoms. The lowest BCUT2D eigenvalue weighted by Crippen LogP contribution is -2.50. The number of nitrogens with zero attached hydrogens (tertiary/aromatic N) is 3. The topological polar surface area (TPSA) is 162 Å². The molecule has 2 heterocycles. The summed E-state index contributed by atoms with van der Waals surface area (Å²) in [5.41, 5.74) is 0.196.